The highest BCUT2D eigenvalue weighted by Gasteiger charge is 2.15. The van der Waals surface area contributed by atoms with Crippen molar-refractivity contribution in [3.8, 4) is 11.4 Å². The first-order chi connectivity index (χ1) is 9.97. The average molecular weight is 406 g/mol. The van der Waals surface area contributed by atoms with Crippen molar-refractivity contribution >= 4 is 61.6 Å². The largest absolute Gasteiger partial charge is 0.225 e. The van der Waals surface area contributed by atoms with Crippen molar-refractivity contribution in [2.45, 2.75) is 0 Å². The molecule has 0 aliphatic carbocycles. The molecule has 0 fully saturated rings. The first-order valence-electron chi connectivity index (χ1n) is 5.74. The fourth-order valence-corrected chi connectivity index (χ4v) is 3.24. The van der Waals surface area contributed by atoms with Crippen LogP contribution < -0.4 is 0 Å². The van der Waals surface area contributed by atoms with Gasteiger partial charge in [-0.3, -0.25) is 0 Å². The van der Waals surface area contributed by atoms with Crippen LogP contribution in [0.15, 0.2) is 34.8 Å². The van der Waals surface area contributed by atoms with E-state index in [1.807, 2.05) is 0 Å². The van der Waals surface area contributed by atoms with Gasteiger partial charge in [-0.1, -0.05) is 50.7 Å². The molecular weight excluding hydrogens is 401 g/mol. The van der Waals surface area contributed by atoms with Gasteiger partial charge < -0.3 is 0 Å². The Balaban J connectivity index is 2.33. The normalized spacial score (nSPS) is 11.1. The minimum absolute atomic E-state index is 0.0662. The Kier molecular flexibility index (Phi) is 4.06. The molecule has 2 aromatic carbocycles. The molecule has 0 bridgehead atoms. The van der Waals surface area contributed by atoms with Crippen molar-refractivity contribution in [3.05, 3.63) is 55.8 Å². The van der Waals surface area contributed by atoms with Gasteiger partial charge in [-0.2, -0.15) is 0 Å². The third kappa shape index (κ3) is 2.73. The summed E-state index contributed by atoms with van der Waals surface area (Å²) < 4.78 is 14.8. The molecule has 3 rings (SSSR count). The number of rotatable bonds is 1. The molecule has 0 aliphatic heterocycles. The fraction of sp³-hybridized carbons (Fsp3) is 0. The van der Waals surface area contributed by atoms with Crippen LogP contribution in [0.2, 0.25) is 15.2 Å². The van der Waals surface area contributed by atoms with E-state index in [2.05, 4.69) is 25.9 Å². The van der Waals surface area contributed by atoms with Gasteiger partial charge in [-0.25, -0.2) is 14.4 Å². The molecule has 7 heteroatoms. The summed E-state index contributed by atoms with van der Waals surface area (Å²) >= 11 is 21.6. The van der Waals surface area contributed by atoms with Gasteiger partial charge in [0.05, 0.1) is 15.4 Å². The third-order valence-corrected chi connectivity index (χ3v) is 4.27. The molecule has 21 heavy (non-hydrogen) atoms. The van der Waals surface area contributed by atoms with Crippen LogP contribution in [-0.2, 0) is 0 Å². The van der Waals surface area contributed by atoms with Gasteiger partial charge >= 0.3 is 0 Å². The van der Waals surface area contributed by atoms with Crippen molar-refractivity contribution in [3.63, 3.8) is 0 Å². The molecule has 0 N–H and O–H groups in total. The maximum Gasteiger partial charge on any atom is 0.163 e. The van der Waals surface area contributed by atoms with E-state index < -0.39 is 5.82 Å². The number of nitrogens with zero attached hydrogens (tertiary/aromatic N) is 2. The summed E-state index contributed by atoms with van der Waals surface area (Å²) in [6.07, 6.45) is 0. The monoisotopic (exact) mass is 404 g/mol. The second kappa shape index (κ2) is 5.69. The summed E-state index contributed by atoms with van der Waals surface area (Å²) in [6.45, 7) is 0. The third-order valence-electron chi connectivity index (χ3n) is 2.88. The van der Waals surface area contributed by atoms with Crippen LogP contribution in [0, 0.1) is 5.82 Å². The number of benzene rings is 2. The number of hydrogen-bond donors (Lipinski definition) is 0. The lowest BCUT2D eigenvalue weighted by Crippen LogP contribution is -1.95. The van der Waals surface area contributed by atoms with Crippen molar-refractivity contribution in [1.29, 1.82) is 0 Å². The lowest BCUT2D eigenvalue weighted by molar-refractivity contribution is 0.636. The summed E-state index contributed by atoms with van der Waals surface area (Å²) in [5, 5.41) is 1.10. The smallest absolute Gasteiger partial charge is 0.163 e. The van der Waals surface area contributed by atoms with Crippen LogP contribution >= 0.6 is 50.7 Å². The van der Waals surface area contributed by atoms with Gasteiger partial charge in [0.1, 0.15) is 16.5 Å². The number of fused-ring (bicyclic) bond motifs is 1. The Morgan fingerprint density at radius 1 is 0.952 bits per heavy atom. The predicted molar refractivity (Wildman–Crippen MR) is 87.7 cm³/mol. The average Bonchev–Trinajstić information content (AvgIpc) is 2.42. The summed E-state index contributed by atoms with van der Waals surface area (Å²) in [7, 11) is 0. The molecule has 0 saturated carbocycles. The van der Waals surface area contributed by atoms with Crippen molar-refractivity contribution in [2.24, 2.45) is 0 Å². The fourth-order valence-electron chi connectivity index (χ4n) is 1.92. The van der Waals surface area contributed by atoms with E-state index in [-0.39, 0.29) is 21.9 Å². The summed E-state index contributed by atoms with van der Waals surface area (Å²) in [6, 6.07) is 7.87. The van der Waals surface area contributed by atoms with Crippen LogP contribution in [0.1, 0.15) is 0 Å². The lowest BCUT2D eigenvalue weighted by Gasteiger charge is -2.08. The number of hydrogen-bond acceptors (Lipinski definition) is 2. The molecule has 0 atom stereocenters. The zero-order chi connectivity index (χ0) is 15.1. The van der Waals surface area contributed by atoms with E-state index in [1.54, 1.807) is 18.2 Å². The lowest BCUT2D eigenvalue weighted by atomic mass is 10.2. The SMILES string of the molecule is Fc1ccc(Cl)c2c(Cl)nc(-c3ccc(Br)cc3Cl)nc12. The Bertz CT molecular complexity index is 870. The Labute approximate surface area is 143 Å². The molecule has 0 radical (unpaired) electrons. The van der Waals surface area contributed by atoms with Gasteiger partial charge in [-0.05, 0) is 30.3 Å². The van der Waals surface area contributed by atoms with Gasteiger partial charge in [0.15, 0.2) is 5.82 Å². The molecule has 106 valence electrons. The van der Waals surface area contributed by atoms with E-state index in [0.29, 0.717) is 15.6 Å². The van der Waals surface area contributed by atoms with E-state index in [1.165, 1.54) is 12.1 Å². The minimum Gasteiger partial charge on any atom is -0.225 e. The molecular formula is C14H5BrCl3FN2. The highest BCUT2D eigenvalue weighted by atomic mass is 79.9. The first-order valence-corrected chi connectivity index (χ1v) is 7.66. The molecule has 1 aromatic heterocycles. The molecule has 2 nitrogen and oxygen atoms in total. The minimum atomic E-state index is -0.520. The van der Waals surface area contributed by atoms with E-state index >= 15 is 0 Å². The molecule has 0 amide bonds. The van der Waals surface area contributed by atoms with Gasteiger partial charge in [0.25, 0.3) is 0 Å². The van der Waals surface area contributed by atoms with E-state index in [9.17, 15) is 4.39 Å². The van der Waals surface area contributed by atoms with Crippen LogP contribution in [-0.4, -0.2) is 9.97 Å². The summed E-state index contributed by atoms with van der Waals surface area (Å²) in [4.78, 5) is 8.37. The maximum absolute atomic E-state index is 14.0. The Morgan fingerprint density at radius 3 is 2.43 bits per heavy atom. The van der Waals surface area contributed by atoms with Crippen molar-refractivity contribution < 1.29 is 4.39 Å². The van der Waals surface area contributed by atoms with E-state index in [0.717, 1.165) is 4.47 Å². The highest BCUT2D eigenvalue weighted by molar-refractivity contribution is 9.10. The Morgan fingerprint density at radius 2 is 1.71 bits per heavy atom. The standard InChI is InChI=1S/C14H5BrCl3FN2/c15-6-1-2-7(9(17)5-6)14-20-12-10(19)4-3-8(16)11(12)13(18)21-14/h1-5H. The topological polar surface area (TPSA) is 25.8 Å². The molecule has 0 spiro atoms. The van der Waals surface area contributed by atoms with Crippen LogP contribution in [0.4, 0.5) is 4.39 Å². The predicted octanol–water partition coefficient (Wildman–Crippen LogP) is 6.16. The molecule has 0 unspecified atom stereocenters. The summed E-state index contributed by atoms with van der Waals surface area (Å²) in [5.74, 6) is -0.278. The highest BCUT2D eigenvalue weighted by Crippen LogP contribution is 2.34. The van der Waals surface area contributed by atoms with Crippen molar-refractivity contribution in [1.82, 2.24) is 9.97 Å². The van der Waals surface area contributed by atoms with Gasteiger partial charge in [0, 0.05) is 10.0 Å². The maximum atomic E-state index is 14.0. The molecule has 0 saturated heterocycles. The van der Waals surface area contributed by atoms with Crippen LogP contribution in [0.5, 0.6) is 0 Å². The molecule has 1 heterocycles. The van der Waals surface area contributed by atoms with E-state index in [4.69, 9.17) is 34.8 Å². The second-order valence-electron chi connectivity index (χ2n) is 4.22. The summed E-state index contributed by atoms with van der Waals surface area (Å²) in [5.41, 5.74) is 0.625. The van der Waals surface area contributed by atoms with Crippen molar-refractivity contribution in [2.75, 3.05) is 0 Å². The molecule has 0 aliphatic rings. The first kappa shape index (κ1) is 15.0. The zero-order valence-electron chi connectivity index (χ0n) is 10.2. The van der Waals surface area contributed by atoms with Crippen LogP contribution in [0.25, 0.3) is 22.3 Å². The number of halogens is 5. The Hall–Kier alpha value is -0.940. The zero-order valence-corrected chi connectivity index (χ0v) is 14.0. The van der Waals surface area contributed by atoms with Gasteiger partial charge in [0.2, 0.25) is 0 Å². The number of aromatic nitrogens is 2. The van der Waals surface area contributed by atoms with Crippen LogP contribution in [0.3, 0.4) is 0 Å². The van der Waals surface area contributed by atoms with Gasteiger partial charge in [-0.15, -0.1) is 0 Å². The second-order valence-corrected chi connectivity index (χ2v) is 6.30. The quantitative estimate of drug-likeness (QED) is 0.453. The molecule has 3 aromatic rings.